The molecule has 4 unspecified atom stereocenters. The molecular weight excluding hydrogens is 1330 g/mol. The molecule has 0 aromatic carbocycles. The second-order valence-electron chi connectivity index (χ2n) is 25.7. The Morgan fingerprint density at radius 3 is 0.714 bits per heavy atom. The number of esters is 8. The van der Waals surface area contributed by atoms with Gasteiger partial charge in [0.25, 0.3) is 0 Å². The maximum Gasteiger partial charge on any atom is 0.318 e. The van der Waals surface area contributed by atoms with E-state index in [0.717, 1.165) is 126 Å². The number of hydrogen-bond acceptors (Lipinski definition) is 24. The molecule has 0 aromatic rings. The summed E-state index contributed by atoms with van der Waals surface area (Å²) in [5.74, 6) is 0.677. The standard InChI is InChI=1S/C74H136N4O16S4/c1-9-13-17-21-25-29-59-95-63(5)71(83)91-55-51-87-67(79)35-43-75(44-36-68(80)88-52-56-92-72(84)64(6)96-60-30-26-22-18-14-10-2)39-33-41-77-47-49-78(50-48-77)42-34-40-76(45-37-69(81)89-53-57-93-73(85)65(7)97-61-31-27-23-19-15-11-3)46-38-70(82)90-54-58-94-74(86)66(8)98-62-32-28-24-20-16-12-4/h63-66H,9-62H2,1-8H3. The van der Waals surface area contributed by atoms with E-state index in [1.807, 2.05) is 27.7 Å². The van der Waals surface area contributed by atoms with Crippen molar-refractivity contribution in [3.8, 4) is 0 Å². The Morgan fingerprint density at radius 1 is 0.286 bits per heavy atom. The summed E-state index contributed by atoms with van der Waals surface area (Å²) in [6.07, 6.45) is 30.6. The molecule has 0 N–H and O–H groups in total. The molecule has 1 saturated heterocycles. The van der Waals surface area contributed by atoms with Crippen molar-refractivity contribution in [2.24, 2.45) is 0 Å². The molecule has 572 valence electrons. The third kappa shape index (κ3) is 55.6. The van der Waals surface area contributed by atoms with Gasteiger partial charge >= 0.3 is 47.8 Å². The van der Waals surface area contributed by atoms with Gasteiger partial charge in [-0.2, -0.15) is 0 Å². The summed E-state index contributed by atoms with van der Waals surface area (Å²) in [5, 5.41) is -1.18. The number of thioether (sulfide) groups is 4. The zero-order valence-corrected chi connectivity index (χ0v) is 65.7. The lowest BCUT2D eigenvalue weighted by molar-refractivity contribution is -0.152. The summed E-state index contributed by atoms with van der Waals surface area (Å²) in [6.45, 7) is 23.8. The highest BCUT2D eigenvalue weighted by molar-refractivity contribution is 8.01. The minimum absolute atomic E-state index is 0.0145. The van der Waals surface area contributed by atoms with Crippen molar-refractivity contribution in [2.45, 2.75) is 269 Å². The van der Waals surface area contributed by atoms with Crippen LogP contribution in [0.2, 0.25) is 0 Å². The lowest BCUT2D eigenvalue weighted by atomic mass is 10.1. The van der Waals surface area contributed by atoms with Crippen LogP contribution in [-0.2, 0) is 76.3 Å². The van der Waals surface area contributed by atoms with Crippen LogP contribution in [0.5, 0.6) is 0 Å². The van der Waals surface area contributed by atoms with Crippen molar-refractivity contribution < 1.29 is 76.3 Å². The molecule has 1 aliphatic heterocycles. The predicted octanol–water partition coefficient (Wildman–Crippen LogP) is 13.8. The molecule has 98 heavy (non-hydrogen) atoms. The fraction of sp³-hybridized carbons (Fsp3) is 0.892. The highest BCUT2D eigenvalue weighted by Crippen LogP contribution is 2.20. The van der Waals surface area contributed by atoms with E-state index in [4.69, 9.17) is 37.9 Å². The fourth-order valence-corrected chi connectivity index (χ4v) is 14.4. The number of piperazine rings is 1. The lowest BCUT2D eigenvalue weighted by Gasteiger charge is -2.35. The first kappa shape index (κ1) is 93.0. The van der Waals surface area contributed by atoms with Gasteiger partial charge in [-0.25, -0.2) is 0 Å². The van der Waals surface area contributed by atoms with Crippen LogP contribution >= 0.6 is 47.0 Å². The SMILES string of the molecule is CCCCCCCCSC(C)C(=O)OCCOC(=O)CCN(CCCN1CCN(CCCN(CCC(=O)OCCOC(=O)C(C)SCCCCCCCC)CCC(=O)OCCOC(=O)C(C)SCCCCCCCC)CC1)CCC(=O)OCCOC(=O)C(C)SCCCCCCCC. The topological polar surface area (TPSA) is 223 Å². The van der Waals surface area contributed by atoms with Crippen LogP contribution in [0.3, 0.4) is 0 Å². The Hall–Kier alpha value is -3.00. The van der Waals surface area contributed by atoms with Gasteiger partial charge in [0, 0.05) is 52.4 Å². The van der Waals surface area contributed by atoms with Gasteiger partial charge in [0.1, 0.15) is 52.9 Å². The van der Waals surface area contributed by atoms with E-state index >= 15 is 0 Å². The smallest absolute Gasteiger partial charge is 0.318 e. The molecule has 20 nitrogen and oxygen atoms in total. The molecule has 1 rings (SSSR count). The summed E-state index contributed by atoms with van der Waals surface area (Å²) in [7, 11) is 0. The number of carbonyl (C=O) groups excluding carboxylic acids is 8. The molecule has 1 fully saturated rings. The van der Waals surface area contributed by atoms with Crippen LogP contribution in [0.25, 0.3) is 0 Å². The Labute approximate surface area is 610 Å². The van der Waals surface area contributed by atoms with E-state index in [2.05, 4.69) is 47.3 Å². The van der Waals surface area contributed by atoms with Crippen LogP contribution in [-0.4, -0.2) is 243 Å². The van der Waals surface area contributed by atoms with E-state index in [1.165, 1.54) is 103 Å². The minimum Gasteiger partial charge on any atom is -0.462 e. The van der Waals surface area contributed by atoms with Gasteiger partial charge in [-0.15, -0.1) is 47.0 Å². The van der Waals surface area contributed by atoms with E-state index in [-0.39, 0.29) is 123 Å². The molecule has 4 atom stereocenters. The summed E-state index contributed by atoms with van der Waals surface area (Å²) in [4.78, 5) is 111. The highest BCUT2D eigenvalue weighted by Gasteiger charge is 2.22. The molecular formula is C74H136N4O16S4. The number of carbonyl (C=O) groups is 8. The molecule has 0 spiro atoms. The number of nitrogens with zero attached hydrogens (tertiary/aromatic N) is 4. The van der Waals surface area contributed by atoms with Gasteiger partial charge in [0.05, 0.1) is 46.7 Å². The first-order valence-corrected chi connectivity index (χ1v) is 42.4. The molecule has 24 heteroatoms. The van der Waals surface area contributed by atoms with Gasteiger partial charge in [-0.3, -0.25) is 38.4 Å². The number of unbranched alkanes of at least 4 members (excludes halogenated alkanes) is 20. The molecule has 1 aliphatic rings. The predicted molar refractivity (Wildman–Crippen MR) is 402 cm³/mol. The average Bonchev–Trinajstić information content (AvgIpc) is 1.34. The summed E-state index contributed by atoms with van der Waals surface area (Å²) in [6, 6.07) is 0. The molecule has 0 aliphatic carbocycles. The van der Waals surface area contributed by atoms with Crippen LogP contribution in [0.4, 0.5) is 0 Å². The summed E-state index contributed by atoms with van der Waals surface area (Å²) in [5.41, 5.74) is 0. The Balaban J connectivity index is 2.77. The third-order valence-electron chi connectivity index (χ3n) is 17.0. The van der Waals surface area contributed by atoms with Crippen LogP contribution < -0.4 is 0 Å². The Kier molecular flexibility index (Phi) is 62.6. The van der Waals surface area contributed by atoms with E-state index in [1.54, 1.807) is 47.0 Å². The first-order chi connectivity index (χ1) is 47.5. The fourth-order valence-electron chi connectivity index (χ4n) is 10.7. The molecule has 0 aromatic heterocycles. The summed E-state index contributed by atoms with van der Waals surface area (Å²) < 4.78 is 43.5. The van der Waals surface area contributed by atoms with Crippen molar-refractivity contribution in [1.29, 1.82) is 0 Å². The Bertz CT molecular complexity index is 1770. The quantitative estimate of drug-likeness (QED) is 0.0313. The molecule has 1 heterocycles. The van der Waals surface area contributed by atoms with E-state index < -0.39 is 23.9 Å². The van der Waals surface area contributed by atoms with Crippen molar-refractivity contribution >= 4 is 94.8 Å². The number of hydrogen-bond donors (Lipinski definition) is 0. The molecule has 0 radical (unpaired) electrons. The first-order valence-electron chi connectivity index (χ1n) is 38.2. The highest BCUT2D eigenvalue weighted by atomic mass is 32.2. The molecule has 0 amide bonds. The zero-order valence-electron chi connectivity index (χ0n) is 62.4. The van der Waals surface area contributed by atoms with Gasteiger partial charge in [0.15, 0.2) is 0 Å². The van der Waals surface area contributed by atoms with Crippen molar-refractivity contribution in [3.05, 3.63) is 0 Å². The lowest BCUT2D eigenvalue weighted by Crippen LogP contribution is -2.47. The normalized spacial score (nSPS) is 14.0. The zero-order chi connectivity index (χ0) is 71.9. The number of ether oxygens (including phenoxy) is 8. The van der Waals surface area contributed by atoms with Crippen LogP contribution in [0, 0.1) is 0 Å². The van der Waals surface area contributed by atoms with E-state index in [9.17, 15) is 38.4 Å². The third-order valence-corrected chi connectivity index (χ3v) is 21.9. The Morgan fingerprint density at radius 2 is 0.490 bits per heavy atom. The second-order valence-corrected chi connectivity index (χ2v) is 31.5. The van der Waals surface area contributed by atoms with Crippen LogP contribution in [0.1, 0.15) is 248 Å². The maximum atomic E-state index is 13.0. The van der Waals surface area contributed by atoms with E-state index in [0.29, 0.717) is 39.3 Å². The van der Waals surface area contributed by atoms with Crippen molar-refractivity contribution in [2.75, 3.05) is 154 Å². The van der Waals surface area contributed by atoms with Gasteiger partial charge in [-0.05, 0) is 115 Å². The van der Waals surface area contributed by atoms with Crippen molar-refractivity contribution in [1.82, 2.24) is 19.6 Å². The van der Waals surface area contributed by atoms with Crippen LogP contribution in [0.15, 0.2) is 0 Å². The number of rotatable bonds is 68. The van der Waals surface area contributed by atoms with Gasteiger partial charge in [0.2, 0.25) is 0 Å². The monoisotopic (exact) mass is 1460 g/mol. The average molecular weight is 1470 g/mol. The largest absolute Gasteiger partial charge is 0.462 e. The van der Waals surface area contributed by atoms with Crippen molar-refractivity contribution in [3.63, 3.8) is 0 Å². The molecule has 0 saturated carbocycles. The second kappa shape index (κ2) is 66.0. The minimum atomic E-state index is -0.418. The maximum absolute atomic E-state index is 13.0. The summed E-state index contributed by atoms with van der Waals surface area (Å²) >= 11 is 6.35. The molecule has 0 bridgehead atoms. The van der Waals surface area contributed by atoms with Gasteiger partial charge < -0.3 is 57.5 Å². The van der Waals surface area contributed by atoms with Gasteiger partial charge in [-0.1, -0.05) is 156 Å².